The number of likely N-dealkylation sites (tertiary alicyclic amines) is 1. The zero-order chi connectivity index (χ0) is 20.3. The highest BCUT2D eigenvalue weighted by atomic mass is 19.3. The third-order valence-corrected chi connectivity index (χ3v) is 5.52. The number of halogens is 4. The molecule has 2 N–H and O–H groups in total. The van der Waals surface area contributed by atoms with E-state index >= 15 is 0 Å². The summed E-state index contributed by atoms with van der Waals surface area (Å²) in [7, 11) is 0. The van der Waals surface area contributed by atoms with E-state index in [0.29, 0.717) is 10.9 Å². The highest BCUT2D eigenvalue weighted by molar-refractivity contribution is 5.99. The van der Waals surface area contributed by atoms with Crippen molar-refractivity contribution in [3.63, 3.8) is 0 Å². The first-order valence-corrected chi connectivity index (χ1v) is 8.82. The number of carbonyl (C=O) groups is 2. The zero-order valence-electron chi connectivity index (χ0n) is 15.0. The summed E-state index contributed by atoms with van der Waals surface area (Å²) < 4.78 is 53.6. The summed E-state index contributed by atoms with van der Waals surface area (Å²) in [5.41, 5.74) is -1.01. The van der Waals surface area contributed by atoms with E-state index < -0.39 is 34.8 Å². The van der Waals surface area contributed by atoms with E-state index in [1.807, 2.05) is 0 Å². The predicted octanol–water partition coefficient (Wildman–Crippen LogP) is 2.66. The van der Waals surface area contributed by atoms with Gasteiger partial charge in [0.15, 0.2) is 0 Å². The van der Waals surface area contributed by atoms with E-state index in [9.17, 15) is 27.2 Å². The summed E-state index contributed by atoms with van der Waals surface area (Å²) in [5.74, 6) is -6.84. The summed E-state index contributed by atoms with van der Waals surface area (Å²) in [6.45, 7) is 0.649. The highest BCUT2D eigenvalue weighted by Gasteiger charge is 2.72. The van der Waals surface area contributed by atoms with Gasteiger partial charge in [0.2, 0.25) is 5.91 Å². The van der Waals surface area contributed by atoms with Crippen molar-refractivity contribution in [2.75, 3.05) is 19.6 Å². The van der Waals surface area contributed by atoms with Gasteiger partial charge in [-0.2, -0.15) is 8.78 Å². The molecule has 1 unspecified atom stereocenters. The van der Waals surface area contributed by atoms with Crippen LogP contribution in [0.4, 0.5) is 17.6 Å². The Kier molecular flexibility index (Phi) is 3.95. The predicted molar refractivity (Wildman–Crippen MR) is 91.2 cm³/mol. The molecule has 0 radical (unpaired) electrons. The van der Waals surface area contributed by atoms with Crippen LogP contribution in [0, 0.1) is 5.41 Å². The normalized spacial score (nSPS) is 23.4. The number of H-pyrrole nitrogens is 1. The van der Waals surface area contributed by atoms with Crippen molar-refractivity contribution >= 4 is 22.7 Å². The number of alkyl halides is 4. The number of nitrogens with one attached hydrogen (secondary N) is 2. The van der Waals surface area contributed by atoms with Gasteiger partial charge in [-0.25, -0.2) is 8.78 Å². The molecule has 2 aliphatic rings. The smallest absolute Gasteiger partial charge is 0.286 e. The van der Waals surface area contributed by atoms with E-state index in [1.54, 1.807) is 0 Å². The first-order valence-electron chi connectivity index (χ1n) is 8.82. The number of aromatic amines is 1. The lowest BCUT2D eigenvalue weighted by Crippen LogP contribution is -2.39. The Morgan fingerprint density at radius 2 is 2.07 bits per heavy atom. The fourth-order valence-corrected chi connectivity index (χ4v) is 3.67. The van der Waals surface area contributed by atoms with Gasteiger partial charge in [0.25, 0.3) is 17.8 Å². The molecule has 3 heterocycles. The Balaban J connectivity index is 1.38. The highest BCUT2D eigenvalue weighted by Crippen LogP contribution is 2.64. The van der Waals surface area contributed by atoms with Gasteiger partial charge in [0.1, 0.15) is 11.4 Å². The molecule has 150 valence electrons. The molecule has 2 aromatic heterocycles. The minimum absolute atomic E-state index is 0.000761. The Morgan fingerprint density at radius 3 is 2.68 bits per heavy atom. The van der Waals surface area contributed by atoms with E-state index in [4.69, 9.17) is 0 Å². The SMILES string of the molecule is CC(F)(F)c1cc2cc(C(=O)NCC(=O)N3CCC4(C3)CC4(F)F)[nH]c2cn1. The number of nitrogens with zero attached hydrogens (tertiary/aromatic N) is 2. The van der Waals surface area contributed by atoms with Crippen LogP contribution < -0.4 is 5.32 Å². The van der Waals surface area contributed by atoms with E-state index in [2.05, 4.69) is 15.3 Å². The van der Waals surface area contributed by atoms with Crippen molar-refractivity contribution in [2.45, 2.75) is 31.6 Å². The van der Waals surface area contributed by atoms with Gasteiger partial charge in [-0.15, -0.1) is 0 Å². The van der Waals surface area contributed by atoms with Crippen LogP contribution in [0.1, 0.15) is 35.9 Å². The topological polar surface area (TPSA) is 78.1 Å². The molecule has 10 heteroatoms. The van der Waals surface area contributed by atoms with Crippen LogP contribution in [-0.4, -0.2) is 52.2 Å². The second-order valence-electron chi connectivity index (χ2n) is 7.64. The van der Waals surface area contributed by atoms with Gasteiger partial charge in [-0.3, -0.25) is 14.6 Å². The Labute approximate surface area is 157 Å². The summed E-state index contributed by atoms with van der Waals surface area (Å²) in [6, 6.07) is 2.58. The first-order chi connectivity index (χ1) is 13.0. The second kappa shape index (κ2) is 5.92. The molecule has 1 atom stereocenters. The summed E-state index contributed by atoms with van der Waals surface area (Å²) in [6.07, 6.45) is 1.28. The van der Waals surface area contributed by atoms with Crippen LogP contribution in [0.25, 0.3) is 10.9 Å². The maximum absolute atomic E-state index is 13.4. The molecule has 1 saturated heterocycles. The molecule has 0 bridgehead atoms. The number of aromatic nitrogens is 2. The minimum Gasteiger partial charge on any atom is -0.349 e. The van der Waals surface area contributed by atoms with Crippen molar-refractivity contribution in [2.24, 2.45) is 5.41 Å². The summed E-state index contributed by atoms with van der Waals surface area (Å²) >= 11 is 0. The second-order valence-corrected chi connectivity index (χ2v) is 7.64. The first kappa shape index (κ1) is 18.7. The quantitative estimate of drug-likeness (QED) is 0.778. The molecule has 0 aromatic carbocycles. The fraction of sp³-hybridized carbons (Fsp3) is 0.500. The standard InChI is InChI=1S/C18H18F4N4O2/c1-16(19,20)13-5-10-4-11(25-12(10)6-23-13)15(28)24-7-14(27)26-3-2-17(9-26)8-18(17,21)22/h4-6,25H,2-3,7-9H2,1H3,(H,24,28). The monoisotopic (exact) mass is 398 g/mol. The van der Waals surface area contributed by atoms with Gasteiger partial charge in [-0.05, 0) is 18.6 Å². The van der Waals surface area contributed by atoms with E-state index in [0.717, 1.165) is 6.92 Å². The number of fused-ring (bicyclic) bond motifs is 1. The molecular formula is C18H18F4N4O2. The lowest BCUT2D eigenvalue weighted by molar-refractivity contribution is -0.129. The van der Waals surface area contributed by atoms with Crippen molar-refractivity contribution in [1.29, 1.82) is 0 Å². The van der Waals surface area contributed by atoms with E-state index in [1.165, 1.54) is 23.2 Å². The number of hydrogen-bond donors (Lipinski definition) is 2. The van der Waals surface area contributed by atoms with Crippen LogP contribution in [0.15, 0.2) is 18.3 Å². The summed E-state index contributed by atoms with van der Waals surface area (Å²) in [4.78, 5) is 32.2. The number of rotatable bonds is 4. The number of hydrogen-bond acceptors (Lipinski definition) is 3. The maximum atomic E-state index is 13.4. The third-order valence-electron chi connectivity index (χ3n) is 5.52. The van der Waals surface area contributed by atoms with Crippen LogP contribution in [0.5, 0.6) is 0 Å². The van der Waals surface area contributed by atoms with Crippen molar-refractivity contribution in [3.05, 3.63) is 29.7 Å². The molecular weight excluding hydrogens is 380 g/mol. The molecule has 1 aliphatic carbocycles. The van der Waals surface area contributed by atoms with E-state index in [-0.39, 0.29) is 38.2 Å². The Morgan fingerprint density at radius 1 is 1.36 bits per heavy atom. The van der Waals surface area contributed by atoms with Crippen molar-refractivity contribution in [1.82, 2.24) is 20.2 Å². The molecule has 28 heavy (non-hydrogen) atoms. The number of amides is 2. The van der Waals surface area contributed by atoms with Crippen molar-refractivity contribution in [3.8, 4) is 0 Å². The molecule has 2 amide bonds. The van der Waals surface area contributed by atoms with Gasteiger partial charge in [0.05, 0.1) is 23.7 Å². The number of pyridine rings is 1. The van der Waals surface area contributed by atoms with Gasteiger partial charge in [0, 0.05) is 31.8 Å². The Bertz CT molecular complexity index is 968. The molecule has 2 fully saturated rings. The number of carbonyl (C=O) groups excluding carboxylic acids is 2. The van der Waals surface area contributed by atoms with Crippen LogP contribution in [0.2, 0.25) is 0 Å². The average molecular weight is 398 g/mol. The largest absolute Gasteiger partial charge is 0.349 e. The fourth-order valence-electron chi connectivity index (χ4n) is 3.67. The molecule has 4 rings (SSSR count). The molecule has 2 aromatic rings. The Hall–Kier alpha value is -2.65. The van der Waals surface area contributed by atoms with Gasteiger partial charge >= 0.3 is 0 Å². The zero-order valence-corrected chi connectivity index (χ0v) is 15.0. The van der Waals surface area contributed by atoms with Crippen LogP contribution in [-0.2, 0) is 10.7 Å². The average Bonchev–Trinajstić information content (AvgIpc) is 3.01. The maximum Gasteiger partial charge on any atom is 0.286 e. The van der Waals surface area contributed by atoms with Crippen LogP contribution >= 0.6 is 0 Å². The lowest BCUT2D eigenvalue weighted by Gasteiger charge is -2.16. The molecule has 1 saturated carbocycles. The lowest BCUT2D eigenvalue weighted by atomic mass is 10.1. The molecule has 6 nitrogen and oxygen atoms in total. The molecule has 1 aliphatic heterocycles. The molecule has 1 spiro atoms. The van der Waals surface area contributed by atoms with Gasteiger partial charge in [-0.1, -0.05) is 0 Å². The van der Waals surface area contributed by atoms with Crippen molar-refractivity contribution < 1.29 is 27.2 Å². The van der Waals surface area contributed by atoms with Crippen LogP contribution in [0.3, 0.4) is 0 Å². The summed E-state index contributed by atoms with van der Waals surface area (Å²) in [5, 5.41) is 2.82. The van der Waals surface area contributed by atoms with Gasteiger partial charge < -0.3 is 15.2 Å². The minimum atomic E-state index is -3.11. The third kappa shape index (κ3) is 3.10.